The molecule has 0 spiro atoms. The Hall–Kier alpha value is -4.45. The molecule has 224 valence electrons. The van der Waals surface area contributed by atoms with Crippen LogP contribution in [0.5, 0.6) is 5.75 Å². The average molecular weight is 597 g/mol. The molecule has 0 bridgehead atoms. The van der Waals surface area contributed by atoms with Crippen molar-refractivity contribution < 1.29 is 27.7 Å². The van der Waals surface area contributed by atoms with Gasteiger partial charge in [0.15, 0.2) is 0 Å². The normalized spacial score (nSPS) is 11.8. The van der Waals surface area contributed by atoms with Crippen molar-refractivity contribution in [1.82, 2.24) is 10.2 Å². The molecule has 3 aromatic rings. The number of ether oxygens (including phenoxy) is 1. The summed E-state index contributed by atoms with van der Waals surface area (Å²) < 4.78 is 33.8. The zero-order valence-electron chi connectivity index (χ0n) is 23.9. The number of hydrogen-bond donors (Lipinski definition) is 1. The zero-order valence-corrected chi connectivity index (χ0v) is 24.7. The molecule has 3 aromatic carbocycles. The number of benzene rings is 3. The maximum Gasteiger partial charge on any atom is 0.271 e. The van der Waals surface area contributed by atoms with Crippen LogP contribution in [0.1, 0.15) is 38.7 Å². The summed E-state index contributed by atoms with van der Waals surface area (Å²) in [5, 5.41) is 14.4. The summed E-state index contributed by atoms with van der Waals surface area (Å²) in [5.74, 6) is -0.373. The Morgan fingerprint density at radius 1 is 1.00 bits per heavy atom. The monoisotopic (exact) mass is 596 g/mol. The standard InChI is InChI=1S/C30H36N4O7S/c1-4-6-19-31-30(36)28(5-2)32(21-23-15-17-26(41-3)18-16-23)29(35)22-33(24-11-10-12-25(20-24)34(37)38)42(39,40)27-13-8-7-9-14-27/h7-18,20,28H,4-6,19,21-22H2,1-3H3,(H,31,36)/t28-/m0/s1. The average Bonchev–Trinajstić information content (AvgIpc) is 3.00. The Bertz CT molecular complexity index is 1460. The largest absolute Gasteiger partial charge is 0.497 e. The molecule has 0 fully saturated rings. The number of nitrogens with one attached hydrogen (secondary N) is 1. The minimum Gasteiger partial charge on any atom is -0.497 e. The van der Waals surface area contributed by atoms with E-state index in [1.54, 1.807) is 49.4 Å². The minimum absolute atomic E-state index is 0.0245. The topological polar surface area (TPSA) is 139 Å². The number of unbranched alkanes of at least 4 members (excludes halogenated alkanes) is 1. The van der Waals surface area contributed by atoms with E-state index >= 15 is 0 Å². The predicted molar refractivity (Wildman–Crippen MR) is 160 cm³/mol. The van der Waals surface area contributed by atoms with Crippen LogP contribution >= 0.6 is 0 Å². The molecule has 2 amide bonds. The van der Waals surface area contributed by atoms with E-state index < -0.39 is 33.4 Å². The molecule has 42 heavy (non-hydrogen) atoms. The van der Waals surface area contributed by atoms with E-state index in [0.29, 0.717) is 17.9 Å². The Morgan fingerprint density at radius 2 is 1.69 bits per heavy atom. The summed E-state index contributed by atoms with van der Waals surface area (Å²) in [7, 11) is -2.80. The molecule has 0 saturated heterocycles. The molecular weight excluding hydrogens is 560 g/mol. The molecule has 12 heteroatoms. The summed E-state index contributed by atoms with van der Waals surface area (Å²) in [4.78, 5) is 39.4. The first-order valence-electron chi connectivity index (χ1n) is 13.6. The van der Waals surface area contributed by atoms with Crippen molar-refractivity contribution in [2.75, 3.05) is 24.5 Å². The highest BCUT2D eigenvalue weighted by Gasteiger charge is 2.34. The Kier molecular flexibility index (Phi) is 11.4. The van der Waals surface area contributed by atoms with E-state index in [0.717, 1.165) is 23.2 Å². The van der Waals surface area contributed by atoms with E-state index in [4.69, 9.17) is 4.74 Å². The summed E-state index contributed by atoms with van der Waals surface area (Å²) in [6.45, 7) is 3.55. The van der Waals surface area contributed by atoms with E-state index in [1.807, 2.05) is 6.92 Å². The van der Waals surface area contributed by atoms with Gasteiger partial charge in [0, 0.05) is 25.2 Å². The molecule has 1 N–H and O–H groups in total. The summed E-state index contributed by atoms with van der Waals surface area (Å²) >= 11 is 0. The van der Waals surface area contributed by atoms with Crippen LogP contribution < -0.4 is 14.4 Å². The number of non-ortho nitro benzene ring substituents is 1. The number of methoxy groups -OCH3 is 1. The molecule has 0 aromatic heterocycles. The maximum atomic E-state index is 14.1. The van der Waals surface area contributed by atoms with Gasteiger partial charge in [0.25, 0.3) is 15.7 Å². The number of rotatable bonds is 15. The van der Waals surface area contributed by atoms with Gasteiger partial charge in [-0.05, 0) is 48.7 Å². The quantitative estimate of drug-likeness (QED) is 0.155. The third kappa shape index (κ3) is 8.06. The second-order valence-electron chi connectivity index (χ2n) is 9.54. The second-order valence-corrected chi connectivity index (χ2v) is 11.4. The van der Waals surface area contributed by atoms with Crippen molar-refractivity contribution in [3.05, 3.63) is 94.5 Å². The van der Waals surface area contributed by atoms with Crippen molar-refractivity contribution in [3.63, 3.8) is 0 Å². The Labute approximate surface area is 246 Å². The number of carbonyl (C=O) groups excluding carboxylic acids is 2. The molecule has 0 unspecified atom stereocenters. The van der Waals surface area contributed by atoms with Crippen LogP contribution in [0.3, 0.4) is 0 Å². The fourth-order valence-electron chi connectivity index (χ4n) is 4.36. The lowest BCUT2D eigenvalue weighted by Gasteiger charge is -2.33. The molecule has 0 aliphatic heterocycles. The highest BCUT2D eigenvalue weighted by Crippen LogP contribution is 2.28. The van der Waals surface area contributed by atoms with Gasteiger partial charge in [-0.2, -0.15) is 0 Å². The number of nitrogens with zero attached hydrogens (tertiary/aromatic N) is 3. The van der Waals surface area contributed by atoms with Crippen molar-refractivity contribution in [1.29, 1.82) is 0 Å². The predicted octanol–water partition coefficient (Wildman–Crippen LogP) is 4.52. The maximum absolute atomic E-state index is 14.1. The highest BCUT2D eigenvalue weighted by atomic mass is 32.2. The number of nitro benzene ring substituents is 1. The molecule has 0 aliphatic rings. The molecule has 11 nitrogen and oxygen atoms in total. The number of anilines is 1. The molecule has 0 aliphatic carbocycles. The van der Waals surface area contributed by atoms with Crippen LogP contribution in [-0.2, 0) is 26.2 Å². The van der Waals surface area contributed by atoms with Gasteiger partial charge in [-0.1, -0.05) is 56.7 Å². The van der Waals surface area contributed by atoms with Crippen LogP contribution in [0, 0.1) is 10.1 Å². The zero-order chi connectivity index (χ0) is 30.7. The van der Waals surface area contributed by atoms with E-state index in [9.17, 15) is 28.1 Å². The molecule has 3 rings (SSSR count). The lowest BCUT2D eigenvalue weighted by molar-refractivity contribution is -0.384. The van der Waals surface area contributed by atoms with Crippen LogP contribution in [0.25, 0.3) is 0 Å². The summed E-state index contributed by atoms with van der Waals surface area (Å²) in [5.41, 5.74) is 0.327. The van der Waals surface area contributed by atoms with Gasteiger partial charge in [-0.3, -0.25) is 24.0 Å². The SMILES string of the molecule is CCCCNC(=O)[C@H](CC)N(Cc1ccc(OC)cc1)C(=O)CN(c1cccc([N+](=O)[O-])c1)S(=O)(=O)c1ccccc1. The van der Waals surface area contributed by atoms with E-state index in [1.165, 1.54) is 42.3 Å². The summed E-state index contributed by atoms with van der Waals surface area (Å²) in [6.07, 6.45) is 1.92. The van der Waals surface area contributed by atoms with E-state index in [2.05, 4.69) is 5.32 Å². The number of amides is 2. The minimum atomic E-state index is -4.33. The van der Waals surface area contributed by atoms with Crippen LogP contribution in [0.15, 0.2) is 83.8 Å². The van der Waals surface area contributed by atoms with Gasteiger partial charge in [-0.15, -0.1) is 0 Å². The van der Waals surface area contributed by atoms with Gasteiger partial charge in [-0.25, -0.2) is 8.42 Å². The lowest BCUT2D eigenvalue weighted by Crippen LogP contribution is -2.52. The molecule has 0 saturated carbocycles. The molecule has 0 heterocycles. The van der Waals surface area contributed by atoms with Crippen LogP contribution in [0.4, 0.5) is 11.4 Å². The molecule has 1 atom stereocenters. The molecule has 0 radical (unpaired) electrons. The van der Waals surface area contributed by atoms with Gasteiger partial charge < -0.3 is 15.0 Å². The number of hydrogen-bond acceptors (Lipinski definition) is 7. The third-order valence-electron chi connectivity index (χ3n) is 6.67. The van der Waals surface area contributed by atoms with Crippen molar-refractivity contribution in [2.24, 2.45) is 0 Å². The number of sulfonamides is 1. The van der Waals surface area contributed by atoms with Crippen molar-refractivity contribution >= 4 is 33.2 Å². The van der Waals surface area contributed by atoms with Crippen LogP contribution in [0.2, 0.25) is 0 Å². The molecular formula is C30H36N4O7S. The third-order valence-corrected chi connectivity index (χ3v) is 8.45. The fourth-order valence-corrected chi connectivity index (χ4v) is 5.79. The Morgan fingerprint density at radius 3 is 2.29 bits per heavy atom. The first-order chi connectivity index (χ1) is 20.1. The lowest BCUT2D eigenvalue weighted by atomic mass is 10.1. The number of nitro groups is 1. The fraction of sp³-hybridized carbons (Fsp3) is 0.333. The first kappa shape index (κ1) is 32.1. The van der Waals surface area contributed by atoms with Crippen molar-refractivity contribution in [2.45, 2.75) is 50.6 Å². The number of carbonyl (C=O) groups is 2. The van der Waals surface area contributed by atoms with Gasteiger partial charge in [0.1, 0.15) is 18.3 Å². The first-order valence-corrected chi connectivity index (χ1v) is 15.1. The van der Waals surface area contributed by atoms with Gasteiger partial charge >= 0.3 is 0 Å². The second kappa shape index (κ2) is 15.0. The Balaban J connectivity index is 2.06. The van der Waals surface area contributed by atoms with E-state index in [-0.39, 0.29) is 35.1 Å². The van der Waals surface area contributed by atoms with Crippen molar-refractivity contribution in [3.8, 4) is 5.75 Å². The van der Waals surface area contributed by atoms with Gasteiger partial charge in [0.05, 0.1) is 22.6 Å². The highest BCUT2D eigenvalue weighted by molar-refractivity contribution is 7.92. The smallest absolute Gasteiger partial charge is 0.271 e. The van der Waals surface area contributed by atoms with Gasteiger partial charge in [0.2, 0.25) is 11.8 Å². The van der Waals surface area contributed by atoms with Crippen LogP contribution in [-0.4, -0.2) is 56.3 Å². The summed E-state index contributed by atoms with van der Waals surface area (Å²) in [6, 6.07) is 18.7.